The summed E-state index contributed by atoms with van der Waals surface area (Å²) in [5, 5.41) is 0. The minimum absolute atomic E-state index is 0.0844. The smallest absolute Gasteiger partial charge is 0.244 e. The van der Waals surface area contributed by atoms with Crippen molar-refractivity contribution in [3.05, 3.63) is 69.7 Å². The summed E-state index contributed by atoms with van der Waals surface area (Å²) in [6.45, 7) is 2.55. The number of carbonyl (C=O) groups excluding carboxylic acids is 1. The molecule has 1 unspecified atom stereocenters. The lowest BCUT2D eigenvalue weighted by atomic mass is 10.0. The summed E-state index contributed by atoms with van der Waals surface area (Å²) in [5.41, 5.74) is 9.13. The van der Waals surface area contributed by atoms with E-state index < -0.39 is 6.04 Å². The van der Waals surface area contributed by atoms with Crippen LogP contribution in [0.1, 0.15) is 22.7 Å². The van der Waals surface area contributed by atoms with Crippen molar-refractivity contribution < 1.29 is 4.79 Å². The fourth-order valence-electron chi connectivity index (χ4n) is 2.14. The maximum atomic E-state index is 12.4. The third-order valence-electron chi connectivity index (χ3n) is 3.39. The summed E-state index contributed by atoms with van der Waals surface area (Å²) in [7, 11) is 1.78. The van der Waals surface area contributed by atoms with Gasteiger partial charge in [-0.15, -0.1) is 0 Å². The van der Waals surface area contributed by atoms with Crippen LogP contribution in [0.4, 0.5) is 0 Å². The Morgan fingerprint density at radius 2 is 1.90 bits per heavy atom. The molecule has 0 radical (unpaired) electrons. The van der Waals surface area contributed by atoms with Crippen LogP contribution in [-0.4, -0.2) is 17.9 Å². The van der Waals surface area contributed by atoms with E-state index >= 15 is 0 Å². The zero-order valence-electron chi connectivity index (χ0n) is 12.2. The van der Waals surface area contributed by atoms with Crippen LogP contribution in [0.2, 0.25) is 0 Å². The Bertz CT molecular complexity index is 625. The van der Waals surface area contributed by atoms with Crippen LogP contribution in [0.25, 0.3) is 0 Å². The van der Waals surface area contributed by atoms with Crippen LogP contribution in [0.5, 0.6) is 0 Å². The summed E-state index contributed by atoms with van der Waals surface area (Å²) < 4.78 is 1.00. The molecule has 110 valence electrons. The molecule has 0 heterocycles. The summed E-state index contributed by atoms with van der Waals surface area (Å²) in [6, 6.07) is 15.0. The predicted octanol–water partition coefficient (Wildman–Crippen LogP) is 3.42. The normalized spacial score (nSPS) is 12.0. The Kier molecular flexibility index (Phi) is 5.15. The average molecular weight is 347 g/mol. The van der Waals surface area contributed by atoms with Crippen molar-refractivity contribution in [2.45, 2.75) is 19.5 Å². The standard InChI is InChI=1S/C17H19BrN2O/c1-12-6-8-14(9-7-12)16(19)17(21)20(2)11-13-4-3-5-15(18)10-13/h3-10,16H,11,19H2,1-2H3. The molecule has 4 heteroatoms. The Balaban J connectivity index is 2.06. The molecule has 2 rings (SSSR count). The fourth-order valence-corrected chi connectivity index (χ4v) is 2.59. The van der Waals surface area contributed by atoms with Gasteiger partial charge in [0.15, 0.2) is 0 Å². The molecule has 2 aromatic carbocycles. The molecule has 1 atom stereocenters. The van der Waals surface area contributed by atoms with E-state index in [0.29, 0.717) is 6.54 Å². The minimum Gasteiger partial charge on any atom is -0.340 e. The molecule has 0 aromatic heterocycles. The van der Waals surface area contributed by atoms with Gasteiger partial charge in [-0.05, 0) is 30.2 Å². The highest BCUT2D eigenvalue weighted by molar-refractivity contribution is 9.10. The van der Waals surface area contributed by atoms with E-state index in [2.05, 4.69) is 15.9 Å². The lowest BCUT2D eigenvalue weighted by Crippen LogP contribution is -2.35. The van der Waals surface area contributed by atoms with Gasteiger partial charge >= 0.3 is 0 Å². The SMILES string of the molecule is Cc1ccc(C(N)C(=O)N(C)Cc2cccc(Br)c2)cc1. The largest absolute Gasteiger partial charge is 0.340 e. The number of halogens is 1. The van der Waals surface area contributed by atoms with Crippen LogP contribution in [-0.2, 0) is 11.3 Å². The lowest BCUT2D eigenvalue weighted by molar-refractivity contribution is -0.131. The number of aryl methyl sites for hydroxylation is 1. The number of carbonyl (C=O) groups is 1. The first kappa shape index (κ1) is 15.7. The molecule has 1 amide bonds. The van der Waals surface area contributed by atoms with Crippen molar-refractivity contribution >= 4 is 21.8 Å². The van der Waals surface area contributed by atoms with E-state index in [-0.39, 0.29) is 5.91 Å². The highest BCUT2D eigenvalue weighted by Crippen LogP contribution is 2.17. The molecule has 21 heavy (non-hydrogen) atoms. The highest BCUT2D eigenvalue weighted by atomic mass is 79.9. The predicted molar refractivity (Wildman–Crippen MR) is 88.7 cm³/mol. The summed E-state index contributed by atoms with van der Waals surface area (Å²) in [6.07, 6.45) is 0. The number of likely N-dealkylation sites (N-methyl/N-ethyl adjacent to an activating group) is 1. The van der Waals surface area contributed by atoms with E-state index in [1.807, 2.05) is 55.5 Å². The third-order valence-corrected chi connectivity index (χ3v) is 3.88. The number of benzene rings is 2. The molecular weight excluding hydrogens is 328 g/mol. The molecule has 0 saturated carbocycles. The Hall–Kier alpha value is -1.65. The number of amides is 1. The van der Waals surface area contributed by atoms with Gasteiger partial charge in [0.1, 0.15) is 6.04 Å². The second-order valence-corrected chi connectivity index (χ2v) is 6.13. The molecule has 2 aromatic rings. The first-order valence-corrected chi connectivity index (χ1v) is 7.58. The molecule has 3 nitrogen and oxygen atoms in total. The van der Waals surface area contributed by atoms with Crippen molar-refractivity contribution in [2.75, 3.05) is 7.05 Å². The van der Waals surface area contributed by atoms with Crippen molar-refractivity contribution in [3.63, 3.8) is 0 Å². The van der Waals surface area contributed by atoms with E-state index in [0.717, 1.165) is 21.2 Å². The molecule has 0 aliphatic carbocycles. The Morgan fingerprint density at radius 3 is 2.52 bits per heavy atom. The lowest BCUT2D eigenvalue weighted by Gasteiger charge is -2.22. The van der Waals surface area contributed by atoms with Gasteiger partial charge in [0, 0.05) is 18.1 Å². The number of rotatable bonds is 4. The maximum absolute atomic E-state index is 12.4. The molecule has 0 fully saturated rings. The van der Waals surface area contributed by atoms with E-state index in [9.17, 15) is 4.79 Å². The molecule has 0 spiro atoms. The van der Waals surface area contributed by atoms with Crippen LogP contribution < -0.4 is 5.73 Å². The van der Waals surface area contributed by atoms with Crippen LogP contribution in [0.3, 0.4) is 0 Å². The average Bonchev–Trinajstić information content (AvgIpc) is 2.46. The second kappa shape index (κ2) is 6.87. The van der Waals surface area contributed by atoms with Gasteiger partial charge in [0.2, 0.25) is 5.91 Å². The molecule has 0 aliphatic heterocycles. The van der Waals surface area contributed by atoms with Crippen molar-refractivity contribution in [2.24, 2.45) is 5.73 Å². The molecular formula is C17H19BrN2O. The van der Waals surface area contributed by atoms with E-state index in [1.54, 1.807) is 11.9 Å². The zero-order valence-corrected chi connectivity index (χ0v) is 13.8. The number of nitrogens with zero attached hydrogens (tertiary/aromatic N) is 1. The van der Waals surface area contributed by atoms with Gasteiger partial charge in [-0.2, -0.15) is 0 Å². The Morgan fingerprint density at radius 1 is 1.24 bits per heavy atom. The van der Waals surface area contributed by atoms with Gasteiger partial charge in [-0.1, -0.05) is 57.9 Å². The molecule has 0 saturated heterocycles. The summed E-state index contributed by atoms with van der Waals surface area (Å²) in [5.74, 6) is -0.0844. The molecule has 2 N–H and O–H groups in total. The minimum atomic E-state index is -0.622. The van der Waals surface area contributed by atoms with Crippen LogP contribution in [0, 0.1) is 6.92 Å². The van der Waals surface area contributed by atoms with Crippen molar-refractivity contribution in [3.8, 4) is 0 Å². The maximum Gasteiger partial charge on any atom is 0.244 e. The van der Waals surface area contributed by atoms with Crippen molar-refractivity contribution in [1.29, 1.82) is 0 Å². The van der Waals surface area contributed by atoms with Gasteiger partial charge in [0.25, 0.3) is 0 Å². The van der Waals surface area contributed by atoms with Crippen molar-refractivity contribution in [1.82, 2.24) is 4.90 Å². The van der Waals surface area contributed by atoms with Crippen LogP contribution >= 0.6 is 15.9 Å². The topological polar surface area (TPSA) is 46.3 Å². The van der Waals surface area contributed by atoms with E-state index in [4.69, 9.17) is 5.73 Å². The molecule has 0 aliphatic rings. The van der Waals surface area contributed by atoms with Crippen LogP contribution in [0.15, 0.2) is 53.0 Å². The van der Waals surface area contributed by atoms with Gasteiger partial charge in [-0.3, -0.25) is 4.79 Å². The first-order chi connectivity index (χ1) is 9.97. The van der Waals surface area contributed by atoms with E-state index in [1.165, 1.54) is 0 Å². The zero-order chi connectivity index (χ0) is 15.4. The monoisotopic (exact) mass is 346 g/mol. The number of nitrogens with two attached hydrogens (primary N) is 1. The second-order valence-electron chi connectivity index (χ2n) is 5.21. The highest BCUT2D eigenvalue weighted by Gasteiger charge is 2.19. The number of hydrogen-bond donors (Lipinski definition) is 1. The summed E-state index contributed by atoms with van der Waals surface area (Å²) in [4.78, 5) is 14.1. The Labute approximate surface area is 133 Å². The van der Waals surface area contributed by atoms with Gasteiger partial charge < -0.3 is 10.6 Å². The number of hydrogen-bond acceptors (Lipinski definition) is 2. The quantitative estimate of drug-likeness (QED) is 0.921. The molecule has 0 bridgehead atoms. The fraction of sp³-hybridized carbons (Fsp3) is 0.235. The van der Waals surface area contributed by atoms with Gasteiger partial charge in [-0.25, -0.2) is 0 Å². The summed E-state index contributed by atoms with van der Waals surface area (Å²) >= 11 is 3.43. The third kappa shape index (κ3) is 4.16. The van der Waals surface area contributed by atoms with Gasteiger partial charge in [0.05, 0.1) is 0 Å². The first-order valence-electron chi connectivity index (χ1n) is 6.79.